The molecule has 0 spiro atoms. The molecule has 104 valence electrons. The number of rotatable bonds is 3. The number of para-hydroxylation sites is 1. The molecular formula is C16H11IN2O2. The predicted octanol–water partition coefficient (Wildman–Crippen LogP) is 3.84. The van der Waals surface area contributed by atoms with E-state index in [1.807, 2.05) is 83.3 Å². The van der Waals surface area contributed by atoms with E-state index in [-0.39, 0.29) is 5.69 Å². The van der Waals surface area contributed by atoms with Crippen LogP contribution in [0.4, 0.5) is 0 Å². The maximum absolute atomic E-state index is 11.4. The highest BCUT2D eigenvalue weighted by atomic mass is 127. The summed E-state index contributed by atoms with van der Waals surface area (Å²) in [5.41, 5.74) is 2.63. The van der Waals surface area contributed by atoms with Crippen molar-refractivity contribution < 1.29 is 9.90 Å². The second-order valence-electron chi connectivity index (χ2n) is 4.43. The van der Waals surface area contributed by atoms with Gasteiger partial charge in [0.15, 0.2) is 5.69 Å². The van der Waals surface area contributed by atoms with Gasteiger partial charge in [0.2, 0.25) is 0 Å². The molecule has 0 saturated carbocycles. The van der Waals surface area contributed by atoms with E-state index in [9.17, 15) is 9.90 Å². The first-order chi connectivity index (χ1) is 10.2. The monoisotopic (exact) mass is 390 g/mol. The molecule has 0 atom stereocenters. The van der Waals surface area contributed by atoms with E-state index in [0.29, 0.717) is 3.57 Å². The lowest BCUT2D eigenvalue weighted by Gasteiger charge is -2.07. The summed E-state index contributed by atoms with van der Waals surface area (Å²) in [4.78, 5) is 11.4. The summed E-state index contributed by atoms with van der Waals surface area (Å²) < 4.78 is 2.32. The van der Waals surface area contributed by atoms with Gasteiger partial charge in [-0.2, -0.15) is 5.10 Å². The van der Waals surface area contributed by atoms with Crippen LogP contribution in [-0.4, -0.2) is 20.9 Å². The van der Waals surface area contributed by atoms with E-state index in [4.69, 9.17) is 0 Å². The Hall–Kier alpha value is -2.15. The standard InChI is InChI=1S/C16H11IN2O2/c17-13-14(16(20)21)18-19(12-9-5-2-6-10-12)15(13)11-7-3-1-4-8-11/h1-10H,(H,20,21). The van der Waals surface area contributed by atoms with Gasteiger partial charge in [0, 0.05) is 5.56 Å². The van der Waals surface area contributed by atoms with Crippen molar-refractivity contribution >= 4 is 28.6 Å². The minimum absolute atomic E-state index is 0.0679. The Morgan fingerprint density at radius 3 is 2.14 bits per heavy atom. The van der Waals surface area contributed by atoms with Gasteiger partial charge in [0.1, 0.15) is 0 Å². The summed E-state index contributed by atoms with van der Waals surface area (Å²) in [5, 5.41) is 13.6. The third-order valence-corrected chi connectivity index (χ3v) is 4.10. The topological polar surface area (TPSA) is 55.1 Å². The lowest BCUT2D eigenvalue weighted by atomic mass is 10.1. The van der Waals surface area contributed by atoms with Crippen LogP contribution in [0.3, 0.4) is 0 Å². The average molecular weight is 390 g/mol. The van der Waals surface area contributed by atoms with Crippen LogP contribution in [0.15, 0.2) is 60.7 Å². The number of aromatic carboxylic acids is 1. The van der Waals surface area contributed by atoms with Crippen LogP contribution in [0.25, 0.3) is 16.9 Å². The van der Waals surface area contributed by atoms with Crippen molar-refractivity contribution in [3.05, 3.63) is 69.9 Å². The third kappa shape index (κ3) is 2.56. The third-order valence-electron chi connectivity index (χ3n) is 3.08. The Kier molecular flexibility index (Phi) is 3.74. The Morgan fingerprint density at radius 2 is 1.57 bits per heavy atom. The maximum Gasteiger partial charge on any atom is 0.357 e. The number of benzene rings is 2. The first-order valence-electron chi connectivity index (χ1n) is 6.31. The van der Waals surface area contributed by atoms with Gasteiger partial charge in [-0.1, -0.05) is 48.5 Å². The highest BCUT2D eigenvalue weighted by Crippen LogP contribution is 2.30. The van der Waals surface area contributed by atoms with E-state index in [1.54, 1.807) is 4.68 Å². The van der Waals surface area contributed by atoms with Gasteiger partial charge >= 0.3 is 5.97 Å². The molecule has 1 heterocycles. The van der Waals surface area contributed by atoms with Gasteiger partial charge in [-0.05, 0) is 34.7 Å². The van der Waals surface area contributed by atoms with E-state index in [2.05, 4.69) is 5.10 Å². The molecule has 0 fully saturated rings. The highest BCUT2D eigenvalue weighted by Gasteiger charge is 2.22. The molecule has 2 aromatic carbocycles. The number of halogens is 1. The zero-order chi connectivity index (χ0) is 14.8. The van der Waals surface area contributed by atoms with E-state index in [1.165, 1.54) is 0 Å². The molecule has 0 bridgehead atoms. The van der Waals surface area contributed by atoms with Crippen LogP contribution < -0.4 is 0 Å². The molecule has 3 aromatic rings. The molecule has 1 aromatic heterocycles. The molecule has 3 rings (SSSR count). The molecule has 0 unspecified atom stereocenters. The summed E-state index contributed by atoms with van der Waals surface area (Å²) in [6, 6.07) is 19.2. The first-order valence-corrected chi connectivity index (χ1v) is 7.39. The molecule has 0 radical (unpaired) electrons. The molecule has 0 aliphatic rings. The van der Waals surface area contributed by atoms with Crippen LogP contribution in [0.1, 0.15) is 10.5 Å². The molecule has 21 heavy (non-hydrogen) atoms. The van der Waals surface area contributed by atoms with Gasteiger partial charge < -0.3 is 5.11 Å². The summed E-state index contributed by atoms with van der Waals surface area (Å²) in [7, 11) is 0. The number of hydrogen-bond acceptors (Lipinski definition) is 2. The molecule has 5 heteroatoms. The van der Waals surface area contributed by atoms with Crippen LogP contribution in [-0.2, 0) is 0 Å². The first kappa shape index (κ1) is 13.8. The van der Waals surface area contributed by atoms with Gasteiger partial charge in [-0.3, -0.25) is 0 Å². The minimum atomic E-state index is -1.02. The van der Waals surface area contributed by atoms with Crippen molar-refractivity contribution in [2.45, 2.75) is 0 Å². The minimum Gasteiger partial charge on any atom is -0.476 e. The zero-order valence-electron chi connectivity index (χ0n) is 10.9. The van der Waals surface area contributed by atoms with E-state index >= 15 is 0 Å². The van der Waals surface area contributed by atoms with Crippen LogP contribution in [0, 0.1) is 3.57 Å². The van der Waals surface area contributed by atoms with Crippen molar-refractivity contribution in [3.63, 3.8) is 0 Å². The summed E-state index contributed by atoms with van der Waals surface area (Å²) in [6.07, 6.45) is 0. The molecule has 0 saturated heterocycles. The van der Waals surface area contributed by atoms with Gasteiger partial charge in [0.25, 0.3) is 0 Å². The summed E-state index contributed by atoms with van der Waals surface area (Å²) >= 11 is 2.04. The lowest BCUT2D eigenvalue weighted by Crippen LogP contribution is -2.02. The Labute approximate surface area is 135 Å². The van der Waals surface area contributed by atoms with Gasteiger partial charge in [-0.25, -0.2) is 9.48 Å². The number of carboxylic acid groups (broad SMARTS) is 1. The van der Waals surface area contributed by atoms with Crippen LogP contribution in [0.5, 0.6) is 0 Å². The summed E-state index contributed by atoms with van der Waals surface area (Å²) in [5.74, 6) is -1.02. The number of aromatic nitrogens is 2. The van der Waals surface area contributed by atoms with Crippen molar-refractivity contribution in [3.8, 4) is 16.9 Å². The van der Waals surface area contributed by atoms with E-state index < -0.39 is 5.97 Å². The Bertz CT molecular complexity index is 783. The van der Waals surface area contributed by atoms with Crippen molar-refractivity contribution in [2.24, 2.45) is 0 Å². The molecular weight excluding hydrogens is 379 g/mol. The summed E-state index contributed by atoms with van der Waals surface area (Å²) in [6.45, 7) is 0. The maximum atomic E-state index is 11.4. The molecule has 0 aliphatic heterocycles. The zero-order valence-corrected chi connectivity index (χ0v) is 13.1. The predicted molar refractivity (Wildman–Crippen MR) is 88.7 cm³/mol. The fourth-order valence-electron chi connectivity index (χ4n) is 2.14. The van der Waals surface area contributed by atoms with Crippen molar-refractivity contribution in [2.75, 3.05) is 0 Å². The Morgan fingerprint density at radius 1 is 1.00 bits per heavy atom. The highest BCUT2D eigenvalue weighted by molar-refractivity contribution is 14.1. The molecule has 0 amide bonds. The normalized spacial score (nSPS) is 10.5. The molecule has 1 N–H and O–H groups in total. The number of hydrogen-bond donors (Lipinski definition) is 1. The van der Waals surface area contributed by atoms with Crippen molar-refractivity contribution in [1.29, 1.82) is 0 Å². The largest absolute Gasteiger partial charge is 0.476 e. The number of carboxylic acids is 1. The van der Waals surface area contributed by atoms with Crippen LogP contribution >= 0.6 is 22.6 Å². The van der Waals surface area contributed by atoms with Gasteiger partial charge in [-0.15, -0.1) is 0 Å². The van der Waals surface area contributed by atoms with Gasteiger partial charge in [0.05, 0.1) is 15.0 Å². The number of carbonyl (C=O) groups is 1. The quantitative estimate of drug-likeness (QED) is 0.692. The second-order valence-corrected chi connectivity index (χ2v) is 5.51. The Balaban J connectivity index is 2.29. The average Bonchev–Trinajstić information content (AvgIpc) is 2.87. The van der Waals surface area contributed by atoms with Crippen molar-refractivity contribution in [1.82, 2.24) is 9.78 Å². The fraction of sp³-hybridized carbons (Fsp3) is 0. The molecule has 4 nitrogen and oxygen atoms in total. The molecule has 0 aliphatic carbocycles. The second kappa shape index (κ2) is 5.69. The lowest BCUT2D eigenvalue weighted by molar-refractivity contribution is 0.0689. The van der Waals surface area contributed by atoms with Crippen LogP contribution in [0.2, 0.25) is 0 Å². The smallest absolute Gasteiger partial charge is 0.357 e. The fourth-order valence-corrected chi connectivity index (χ4v) is 3.02. The SMILES string of the molecule is O=C(O)c1nn(-c2ccccc2)c(-c2ccccc2)c1I. The van der Waals surface area contributed by atoms with E-state index in [0.717, 1.165) is 16.9 Å². The number of nitrogens with zero attached hydrogens (tertiary/aromatic N) is 2.